The predicted octanol–water partition coefficient (Wildman–Crippen LogP) is 1.14. The molecule has 2 unspecified atom stereocenters. The quantitative estimate of drug-likeness (QED) is 0.0994. The average molecular weight is 830 g/mol. The summed E-state index contributed by atoms with van der Waals surface area (Å²) < 4.78 is 46.8. The van der Waals surface area contributed by atoms with Crippen LogP contribution in [0, 0.1) is 5.92 Å². The topological polar surface area (TPSA) is 240 Å². The van der Waals surface area contributed by atoms with Gasteiger partial charge in [-0.15, -0.1) is 0 Å². The van der Waals surface area contributed by atoms with E-state index in [2.05, 4.69) is 25.4 Å². The number of carbonyl (C=O) groups excluding carboxylic acids is 6. The molecule has 3 heterocycles. The van der Waals surface area contributed by atoms with Crippen molar-refractivity contribution in [3.63, 3.8) is 0 Å². The molecule has 2 aliphatic carbocycles. The van der Waals surface area contributed by atoms with Gasteiger partial charge >= 0.3 is 0 Å². The van der Waals surface area contributed by atoms with Crippen LogP contribution in [0.1, 0.15) is 58.4 Å². The Morgan fingerprint density at radius 1 is 0.898 bits per heavy atom. The number of nitrogens with one attached hydrogen (secondary N) is 5. The van der Waals surface area contributed by atoms with E-state index in [0.717, 1.165) is 35.4 Å². The number of hydrogen-bond acceptors (Lipinski definition) is 12. The molecule has 1 saturated carbocycles. The number of ether oxygens (including phenoxy) is 3. The van der Waals surface area contributed by atoms with Crippen LogP contribution in [0.4, 0.5) is 5.69 Å². The van der Waals surface area contributed by atoms with Crippen molar-refractivity contribution in [3.8, 4) is 5.75 Å². The maximum absolute atomic E-state index is 13.2. The first-order valence-corrected chi connectivity index (χ1v) is 20.7. The van der Waals surface area contributed by atoms with Crippen LogP contribution in [-0.2, 0) is 38.9 Å². The fourth-order valence-electron chi connectivity index (χ4n) is 6.91. The summed E-state index contributed by atoms with van der Waals surface area (Å²) in [5.74, 6) is -3.37. The van der Waals surface area contributed by atoms with E-state index in [1.807, 2.05) is 24.3 Å². The highest BCUT2D eigenvalue weighted by Gasteiger charge is 2.46. The van der Waals surface area contributed by atoms with Gasteiger partial charge in [-0.2, -0.15) is 13.1 Å². The molecule has 2 aromatic rings. The second kappa shape index (κ2) is 18.3. The Labute approximate surface area is 339 Å². The zero-order chi connectivity index (χ0) is 41.5. The summed E-state index contributed by atoms with van der Waals surface area (Å²) in [6.45, 7) is 0.266. The largest absolute Gasteiger partial charge is 0.483 e. The van der Waals surface area contributed by atoms with Gasteiger partial charge in [0.25, 0.3) is 33.8 Å². The minimum atomic E-state index is -3.92. The minimum absolute atomic E-state index is 0.000225. The maximum atomic E-state index is 13.2. The summed E-state index contributed by atoms with van der Waals surface area (Å²) in [5, 5.41) is 7.81. The Kier molecular flexibility index (Phi) is 12.7. The lowest BCUT2D eigenvalue weighted by atomic mass is 9.91. The lowest BCUT2D eigenvalue weighted by molar-refractivity contribution is -0.136. The van der Waals surface area contributed by atoms with E-state index in [1.165, 1.54) is 18.2 Å². The number of piperidine rings is 1. The van der Waals surface area contributed by atoms with E-state index in [1.54, 1.807) is 24.3 Å². The van der Waals surface area contributed by atoms with Gasteiger partial charge in [0.05, 0.1) is 54.7 Å². The van der Waals surface area contributed by atoms with Crippen molar-refractivity contribution in [2.45, 2.75) is 44.2 Å². The number of carbonyl (C=O) groups is 6. The van der Waals surface area contributed by atoms with Gasteiger partial charge in [0.15, 0.2) is 6.61 Å². The summed E-state index contributed by atoms with van der Waals surface area (Å²) in [6, 6.07) is 10.4. The standard InChI is InChI=1S/C40H43N7O11S/c48-34-13-12-32(38(51)45-34)47-39(52)29-8-3-9-33(36(29)40(47)53)58-23-35(49)41-14-16-56-18-19-57-17-15-42-59(54,55)46-28-7-1-4-24(21-28)31-22-26-20-25(10-11-30(26)44-31)37(50)43-27-5-2-6-27/h1,3-4,7-11,20-22,26-27,32,42,46H,2,5-6,12-19,23H2,(H,41,49)(H,43,50)(H,45,48,51). The van der Waals surface area contributed by atoms with Crippen molar-refractivity contribution >= 4 is 62.7 Å². The third-order valence-electron chi connectivity index (χ3n) is 10.1. The van der Waals surface area contributed by atoms with Gasteiger partial charge in [0.1, 0.15) is 11.8 Å². The third-order valence-corrected chi connectivity index (χ3v) is 11.2. The first-order valence-electron chi connectivity index (χ1n) is 19.2. The van der Waals surface area contributed by atoms with Crippen LogP contribution in [0.15, 0.2) is 77.3 Å². The van der Waals surface area contributed by atoms with Crippen LogP contribution >= 0.6 is 0 Å². The molecule has 18 nitrogen and oxygen atoms in total. The highest BCUT2D eigenvalue weighted by Crippen LogP contribution is 2.34. The normalized spacial score (nSPS) is 19.9. The summed E-state index contributed by atoms with van der Waals surface area (Å²) in [6.07, 6.45) is 10.6. The molecule has 310 valence electrons. The Balaban J connectivity index is 0.758. The van der Waals surface area contributed by atoms with Gasteiger partial charge < -0.3 is 24.8 Å². The third kappa shape index (κ3) is 9.99. The lowest BCUT2D eigenvalue weighted by Crippen LogP contribution is -2.54. The zero-order valence-corrected chi connectivity index (χ0v) is 32.7. The Bertz CT molecular complexity index is 2280. The van der Waals surface area contributed by atoms with Crippen LogP contribution in [0.2, 0.25) is 0 Å². The van der Waals surface area contributed by atoms with E-state index < -0.39 is 52.4 Å². The van der Waals surface area contributed by atoms with Gasteiger partial charge in [-0.1, -0.05) is 24.3 Å². The van der Waals surface area contributed by atoms with Crippen LogP contribution in [0.3, 0.4) is 0 Å². The minimum Gasteiger partial charge on any atom is -0.483 e. The fraction of sp³-hybridized carbons (Fsp3) is 0.375. The molecule has 6 amide bonds. The lowest BCUT2D eigenvalue weighted by Gasteiger charge is -2.27. The number of aliphatic imine (C=N–C) groups is 1. The molecule has 2 fully saturated rings. The van der Waals surface area contributed by atoms with Gasteiger partial charge in [-0.05, 0) is 68.2 Å². The molecule has 5 N–H and O–H groups in total. The predicted molar refractivity (Wildman–Crippen MR) is 212 cm³/mol. The maximum Gasteiger partial charge on any atom is 0.299 e. The summed E-state index contributed by atoms with van der Waals surface area (Å²) >= 11 is 0. The van der Waals surface area contributed by atoms with Gasteiger partial charge in [0, 0.05) is 42.6 Å². The van der Waals surface area contributed by atoms with E-state index in [-0.39, 0.29) is 87.1 Å². The van der Waals surface area contributed by atoms with E-state index in [9.17, 15) is 37.2 Å². The molecule has 1 saturated heterocycles. The molecule has 2 aromatic carbocycles. The summed E-state index contributed by atoms with van der Waals surface area (Å²) in [5.41, 5.74) is 3.14. The number of amides is 6. The highest BCUT2D eigenvalue weighted by atomic mass is 32.2. The molecular weight excluding hydrogens is 787 g/mol. The second-order valence-electron chi connectivity index (χ2n) is 14.2. The van der Waals surface area contributed by atoms with Crippen LogP contribution in [-0.4, -0.2) is 113 Å². The summed E-state index contributed by atoms with van der Waals surface area (Å²) in [7, 11) is -3.92. The number of rotatable bonds is 19. The molecule has 0 spiro atoms. The van der Waals surface area contributed by atoms with Crippen molar-refractivity contribution in [2.75, 3.05) is 50.8 Å². The number of imide groups is 2. The van der Waals surface area contributed by atoms with Gasteiger partial charge in [-0.25, -0.2) is 0 Å². The molecule has 0 bridgehead atoms. The van der Waals surface area contributed by atoms with Crippen molar-refractivity contribution in [1.82, 2.24) is 25.6 Å². The van der Waals surface area contributed by atoms with Crippen molar-refractivity contribution in [2.24, 2.45) is 10.9 Å². The molecule has 7 rings (SSSR count). The number of nitrogens with zero attached hydrogens (tertiary/aromatic N) is 2. The Hall–Kier alpha value is -6.02. The van der Waals surface area contributed by atoms with Crippen molar-refractivity contribution < 1.29 is 51.4 Å². The van der Waals surface area contributed by atoms with E-state index in [0.29, 0.717) is 17.0 Å². The molecule has 0 radical (unpaired) electrons. The molecule has 5 aliphatic rings. The number of allylic oxidation sites excluding steroid dienone is 3. The first kappa shape index (κ1) is 41.2. The first-order chi connectivity index (χ1) is 28.5. The second-order valence-corrected chi connectivity index (χ2v) is 15.7. The SMILES string of the molecule is O=C(COc1cccc2c1C(=O)N(C1CCC(=O)NC1=O)C2=O)NCCOCCOCCNS(=O)(=O)Nc1cccc(C2=CC3C=C(C(=O)NC4CCC4)C=CC3=N2)c1. The number of fused-ring (bicyclic) bond motifs is 2. The average Bonchev–Trinajstić information content (AvgIpc) is 3.74. The fourth-order valence-corrected chi connectivity index (χ4v) is 7.77. The van der Waals surface area contributed by atoms with E-state index >= 15 is 0 Å². The highest BCUT2D eigenvalue weighted by molar-refractivity contribution is 7.90. The number of hydrogen-bond donors (Lipinski definition) is 5. The monoisotopic (exact) mass is 829 g/mol. The van der Waals surface area contributed by atoms with Crippen LogP contribution < -0.4 is 30.1 Å². The molecule has 2 atom stereocenters. The smallest absolute Gasteiger partial charge is 0.299 e. The van der Waals surface area contributed by atoms with Crippen molar-refractivity contribution in [1.29, 1.82) is 0 Å². The van der Waals surface area contributed by atoms with Crippen LogP contribution in [0.25, 0.3) is 5.70 Å². The number of benzene rings is 2. The molecular formula is C40H43N7O11S. The Morgan fingerprint density at radius 2 is 1.68 bits per heavy atom. The molecule has 0 aromatic heterocycles. The number of anilines is 1. The molecule has 19 heteroatoms. The van der Waals surface area contributed by atoms with Gasteiger partial charge in [0.2, 0.25) is 11.8 Å². The zero-order valence-electron chi connectivity index (χ0n) is 31.9. The van der Waals surface area contributed by atoms with Crippen LogP contribution in [0.5, 0.6) is 5.75 Å². The van der Waals surface area contributed by atoms with E-state index in [4.69, 9.17) is 19.2 Å². The molecule has 59 heavy (non-hydrogen) atoms. The summed E-state index contributed by atoms with van der Waals surface area (Å²) in [4.78, 5) is 80.5. The molecule has 3 aliphatic heterocycles. The van der Waals surface area contributed by atoms with Crippen molar-refractivity contribution in [3.05, 3.63) is 89.0 Å². The van der Waals surface area contributed by atoms with Gasteiger partial charge in [-0.3, -0.25) is 48.7 Å². The Morgan fingerprint density at radius 3 is 2.44 bits per heavy atom.